The highest BCUT2D eigenvalue weighted by molar-refractivity contribution is 5.82. The topological polar surface area (TPSA) is 75.9 Å². The SMILES string of the molecule is COC(=O)N1CCC(C(N)C(=O)N(C)C2CCC2)CC1. The number of hydrogen-bond donors (Lipinski definition) is 1. The molecule has 1 saturated carbocycles. The molecule has 2 fully saturated rings. The number of likely N-dealkylation sites (tertiary alicyclic amines) is 1. The second-order valence-corrected chi connectivity index (χ2v) is 5.85. The molecule has 0 aromatic rings. The molecule has 1 atom stereocenters. The Balaban J connectivity index is 1.83. The fraction of sp³-hybridized carbons (Fsp3) is 0.857. The average molecular weight is 283 g/mol. The monoisotopic (exact) mass is 283 g/mol. The van der Waals surface area contributed by atoms with Gasteiger partial charge in [0.25, 0.3) is 0 Å². The number of amides is 2. The highest BCUT2D eigenvalue weighted by atomic mass is 16.5. The van der Waals surface area contributed by atoms with E-state index in [-0.39, 0.29) is 17.9 Å². The van der Waals surface area contributed by atoms with Crippen molar-refractivity contribution in [2.24, 2.45) is 11.7 Å². The van der Waals surface area contributed by atoms with Gasteiger partial charge in [-0.25, -0.2) is 4.79 Å². The van der Waals surface area contributed by atoms with E-state index in [1.807, 2.05) is 11.9 Å². The van der Waals surface area contributed by atoms with Crippen molar-refractivity contribution in [3.8, 4) is 0 Å². The van der Waals surface area contributed by atoms with E-state index in [0.717, 1.165) is 25.7 Å². The Morgan fingerprint density at radius 3 is 2.30 bits per heavy atom. The third-order valence-electron chi connectivity index (χ3n) is 4.74. The van der Waals surface area contributed by atoms with Crippen LogP contribution in [0.2, 0.25) is 0 Å². The second kappa shape index (κ2) is 6.43. The number of methoxy groups -OCH3 is 1. The maximum absolute atomic E-state index is 12.3. The summed E-state index contributed by atoms with van der Waals surface area (Å²) in [6.07, 6.45) is 4.62. The molecule has 0 aromatic heterocycles. The van der Waals surface area contributed by atoms with Crippen molar-refractivity contribution in [3.05, 3.63) is 0 Å². The summed E-state index contributed by atoms with van der Waals surface area (Å²) in [5, 5.41) is 0. The number of piperidine rings is 1. The molecule has 6 heteroatoms. The molecule has 1 heterocycles. The molecule has 6 nitrogen and oxygen atoms in total. The Hall–Kier alpha value is -1.30. The zero-order valence-electron chi connectivity index (χ0n) is 12.4. The van der Waals surface area contributed by atoms with Gasteiger partial charge in [-0.3, -0.25) is 4.79 Å². The van der Waals surface area contributed by atoms with Crippen LogP contribution in [0.25, 0.3) is 0 Å². The van der Waals surface area contributed by atoms with Gasteiger partial charge in [0.05, 0.1) is 13.2 Å². The minimum Gasteiger partial charge on any atom is -0.453 e. The van der Waals surface area contributed by atoms with Crippen molar-refractivity contribution >= 4 is 12.0 Å². The van der Waals surface area contributed by atoms with Crippen molar-refractivity contribution < 1.29 is 14.3 Å². The number of likely N-dealkylation sites (N-methyl/N-ethyl adjacent to an activating group) is 1. The molecule has 0 bridgehead atoms. The van der Waals surface area contributed by atoms with E-state index in [1.165, 1.54) is 13.5 Å². The maximum atomic E-state index is 12.3. The highest BCUT2D eigenvalue weighted by Gasteiger charge is 2.34. The fourth-order valence-corrected chi connectivity index (χ4v) is 2.96. The van der Waals surface area contributed by atoms with Gasteiger partial charge >= 0.3 is 6.09 Å². The van der Waals surface area contributed by atoms with Crippen molar-refractivity contribution in [2.45, 2.75) is 44.2 Å². The first kappa shape index (κ1) is 15.1. The van der Waals surface area contributed by atoms with E-state index in [2.05, 4.69) is 0 Å². The zero-order chi connectivity index (χ0) is 14.7. The molecular formula is C14H25N3O3. The maximum Gasteiger partial charge on any atom is 0.409 e. The third-order valence-corrected chi connectivity index (χ3v) is 4.74. The smallest absolute Gasteiger partial charge is 0.409 e. The van der Waals surface area contributed by atoms with Gasteiger partial charge in [0, 0.05) is 26.2 Å². The molecule has 0 aromatic carbocycles. The van der Waals surface area contributed by atoms with Gasteiger partial charge < -0.3 is 20.3 Å². The lowest BCUT2D eigenvalue weighted by Gasteiger charge is -2.39. The molecule has 1 unspecified atom stereocenters. The van der Waals surface area contributed by atoms with Crippen LogP contribution in [-0.2, 0) is 9.53 Å². The number of carbonyl (C=O) groups excluding carboxylic acids is 2. The lowest BCUT2D eigenvalue weighted by molar-refractivity contribution is -0.136. The Labute approximate surface area is 120 Å². The summed E-state index contributed by atoms with van der Waals surface area (Å²) in [5.74, 6) is 0.206. The van der Waals surface area contributed by atoms with Crippen molar-refractivity contribution in [3.63, 3.8) is 0 Å². The van der Waals surface area contributed by atoms with Crippen molar-refractivity contribution in [1.82, 2.24) is 9.80 Å². The minimum atomic E-state index is -0.444. The molecule has 20 heavy (non-hydrogen) atoms. The molecule has 1 aliphatic carbocycles. The van der Waals surface area contributed by atoms with Crippen LogP contribution in [-0.4, -0.2) is 61.1 Å². The van der Waals surface area contributed by atoms with Crippen LogP contribution in [0, 0.1) is 5.92 Å². The number of ether oxygens (including phenoxy) is 1. The Morgan fingerprint density at radius 2 is 1.85 bits per heavy atom. The van der Waals surface area contributed by atoms with Crippen molar-refractivity contribution in [2.75, 3.05) is 27.2 Å². The molecule has 0 radical (unpaired) electrons. The van der Waals surface area contributed by atoms with Gasteiger partial charge in [-0.1, -0.05) is 0 Å². The van der Waals surface area contributed by atoms with Gasteiger partial charge in [0.2, 0.25) is 5.91 Å². The molecule has 0 spiro atoms. The molecule has 2 N–H and O–H groups in total. The first-order valence-electron chi connectivity index (χ1n) is 7.39. The first-order chi connectivity index (χ1) is 9.54. The van der Waals surface area contributed by atoms with Crippen LogP contribution >= 0.6 is 0 Å². The fourth-order valence-electron chi connectivity index (χ4n) is 2.96. The predicted octanol–water partition coefficient (Wildman–Crippen LogP) is 0.803. The van der Waals surface area contributed by atoms with E-state index in [4.69, 9.17) is 10.5 Å². The summed E-state index contributed by atoms with van der Waals surface area (Å²) >= 11 is 0. The first-order valence-corrected chi connectivity index (χ1v) is 7.39. The Bertz CT molecular complexity index is 363. The summed E-state index contributed by atoms with van der Waals surface area (Å²) < 4.78 is 4.71. The minimum absolute atomic E-state index is 0.0474. The van der Waals surface area contributed by atoms with Gasteiger partial charge in [0.15, 0.2) is 0 Å². The normalized spacial score (nSPS) is 22.1. The summed E-state index contributed by atoms with van der Waals surface area (Å²) in [5.41, 5.74) is 6.14. The van der Waals surface area contributed by atoms with E-state index in [1.54, 1.807) is 4.90 Å². The summed E-state index contributed by atoms with van der Waals surface area (Å²) in [4.78, 5) is 27.3. The van der Waals surface area contributed by atoms with Crippen LogP contribution in [0.1, 0.15) is 32.1 Å². The molecule has 114 valence electrons. The van der Waals surface area contributed by atoms with Gasteiger partial charge in [-0.05, 0) is 38.0 Å². The Morgan fingerprint density at radius 1 is 1.25 bits per heavy atom. The second-order valence-electron chi connectivity index (χ2n) is 5.85. The molecular weight excluding hydrogens is 258 g/mol. The molecule has 1 aliphatic heterocycles. The van der Waals surface area contributed by atoms with Gasteiger partial charge in [-0.15, -0.1) is 0 Å². The van der Waals surface area contributed by atoms with Gasteiger partial charge in [0.1, 0.15) is 0 Å². The Kier molecular flexibility index (Phi) is 4.86. The van der Waals surface area contributed by atoms with Crippen LogP contribution in [0.15, 0.2) is 0 Å². The summed E-state index contributed by atoms with van der Waals surface area (Å²) in [7, 11) is 3.24. The van der Waals surface area contributed by atoms with E-state index < -0.39 is 6.04 Å². The number of nitrogens with zero attached hydrogens (tertiary/aromatic N) is 2. The standard InChI is InChI=1S/C14H25N3O3/c1-16(11-4-3-5-11)13(18)12(15)10-6-8-17(9-7-10)14(19)20-2/h10-12H,3-9,15H2,1-2H3. The molecule has 2 aliphatic rings. The molecule has 1 saturated heterocycles. The quantitative estimate of drug-likeness (QED) is 0.831. The van der Waals surface area contributed by atoms with Crippen molar-refractivity contribution in [1.29, 1.82) is 0 Å². The number of nitrogens with two attached hydrogens (primary N) is 1. The summed E-state index contributed by atoms with van der Waals surface area (Å²) in [6, 6.07) is -0.0656. The zero-order valence-corrected chi connectivity index (χ0v) is 12.4. The number of hydrogen-bond acceptors (Lipinski definition) is 4. The van der Waals surface area contributed by atoms with Crippen LogP contribution in [0.5, 0.6) is 0 Å². The van der Waals surface area contributed by atoms with Crippen LogP contribution in [0.4, 0.5) is 4.79 Å². The van der Waals surface area contributed by atoms with E-state index >= 15 is 0 Å². The third kappa shape index (κ3) is 3.06. The van der Waals surface area contributed by atoms with Crippen LogP contribution in [0.3, 0.4) is 0 Å². The lowest BCUT2D eigenvalue weighted by atomic mass is 9.87. The van der Waals surface area contributed by atoms with Gasteiger partial charge in [-0.2, -0.15) is 0 Å². The molecule has 2 amide bonds. The predicted molar refractivity (Wildman–Crippen MR) is 75.1 cm³/mol. The van der Waals surface area contributed by atoms with E-state index in [0.29, 0.717) is 19.1 Å². The highest BCUT2D eigenvalue weighted by Crippen LogP contribution is 2.26. The van der Waals surface area contributed by atoms with Crippen LogP contribution < -0.4 is 5.73 Å². The average Bonchev–Trinajstić information content (AvgIpc) is 2.43. The largest absolute Gasteiger partial charge is 0.453 e. The lowest BCUT2D eigenvalue weighted by Crippen LogP contribution is -2.53. The summed E-state index contributed by atoms with van der Waals surface area (Å²) in [6.45, 7) is 1.23. The molecule has 2 rings (SSSR count). The number of carbonyl (C=O) groups is 2. The number of rotatable bonds is 3. The van der Waals surface area contributed by atoms with E-state index in [9.17, 15) is 9.59 Å².